The molecule has 0 spiro atoms. The van der Waals surface area contributed by atoms with Gasteiger partial charge in [0.1, 0.15) is 0 Å². The predicted octanol–water partition coefficient (Wildman–Crippen LogP) is 2.37. The molecule has 0 aromatic heterocycles. The topological polar surface area (TPSA) is 47.3 Å². The van der Waals surface area contributed by atoms with E-state index in [1.54, 1.807) is 0 Å². The molecule has 3 N–H and O–H groups in total. The van der Waals surface area contributed by atoms with E-state index in [9.17, 15) is 0 Å². The van der Waals surface area contributed by atoms with Crippen LogP contribution in [0.2, 0.25) is 0 Å². The molecule has 2 fully saturated rings. The number of benzene rings is 1. The molecule has 104 valence electrons. The molecule has 1 aliphatic carbocycles. The fourth-order valence-corrected chi connectivity index (χ4v) is 3.90. The third-order valence-electron chi connectivity index (χ3n) is 5.11. The van der Waals surface area contributed by atoms with Gasteiger partial charge in [0, 0.05) is 24.7 Å². The van der Waals surface area contributed by atoms with Gasteiger partial charge in [-0.3, -0.25) is 11.3 Å². The SMILES string of the molecule is NNC(C1CCOCC1)C1(c2ccccc2)CCC1. The van der Waals surface area contributed by atoms with E-state index in [1.165, 1.54) is 24.8 Å². The second kappa shape index (κ2) is 5.61. The second-order valence-corrected chi connectivity index (χ2v) is 5.97. The van der Waals surface area contributed by atoms with Gasteiger partial charge in [0.2, 0.25) is 0 Å². The Labute approximate surface area is 115 Å². The van der Waals surface area contributed by atoms with Gasteiger partial charge in [0.05, 0.1) is 0 Å². The summed E-state index contributed by atoms with van der Waals surface area (Å²) in [6, 6.07) is 11.3. The fraction of sp³-hybridized carbons (Fsp3) is 0.625. The Balaban J connectivity index is 1.87. The van der Waals surface area contributed by atoms with Crippen LogP contribution in [0.5, 0.6) is 0 Å². The summed E-state index contributed by atoms with van der Waals surface area (Å²) in [6.07, 6.45) is 6.08. The maximum Gasteiger partial charge on any atom is 0.0469 e. The minimum absolute atomic E-state index is 0.248. The van der Waals surface area contributed by atoms with Crippen LogP contribution in [-0.4, -0.2) is 19.3 Å². The van der Waals surface area contributed by atoms with E-state index in [1.807, 2.05) is 0 Å². The number of rotatable bonds is 4. The molecule has 19 heavy (non-hydrogen) atoms. The lowest BCUT2D eigenvalue weighted by Gasteiger charge is -2.51. The smallest absolute Gasteiger partial charge is 0.0469 e. The van der Waals surface area contributed by atoms with Crippen molar-refractivity contribution in [3.05, 3.63) is 35.9 Å². The van der Waals surface area contributed by atoms with Crippen molar-refractivity contribution >= 4 is 0 Å². The molecule has 1 heterocycles. The maximum atomic E-state index is 5.95. The molecule has 3 nitrogen and oxygen atoms in total. The highest BCUT2D eigenvalue weighted by molar-refractivity contribution is 5.31. The number of hydrogen-bond acceptors (Lipinski definition) is 3. The van der Waals surface area contributed by atoms with Crippen LogP contribution in [0.25, 0.3) is 0 Å². The lowest BCUT2D eigenvalue weighted by atomic mass is 9.57. The molecule has 1 unspecified atom stereocenters. The number of ether oxygens (including phenoxy) is 1. The van der Waals surface area contributed by atoms with Crippen LogP contribution in [-0.2, 0) is 10.2 Å². The first-order valence-corrected chi connectivity index (χ1v) is 7.46. The summed E-state index contributed by atoms with van der Waals surface area (Å²) < 4.78 is 5.50. The Hall–Kier alpha value is -0.900. The highest BCUT2D eigenvalue weighted by Gasteiger charge is 2.48. The van der Waals surface area contributed by atoms with E-state index in [-0.39, 0.29) is 5.41 Å². The van der Waals surface area contributed by atoms with Crippen LogP contribution in [0.1, 0.15) is 37.7 Å². The molecule has 1 aliphatic heterocycles. The van der Waals surface area contributed by atoms with Crippen molar-refractivity contribution in [1.82, 2.24) is 5.43 Å². The number of hydrazine groups is 1. The summed E-state index contributed by atoms with van der Waals surface area (Å²) in [4.78, 5) is 0. The summed E-state index contributed by atoms with van der Waals surface area (Å²) in [6.45, 7) is 1.77. The maximum absolute atomic E-state index is 5.95. The zero-order valence-electron chi connectivity index (χ0n) is 11.5. The van der Waals surface area contributed by atoms with E-state index in [0.717, 1.165) is 26.1 Å². The molecule has 3 rings (SSSR count). The van der Waals surface area contributed by atoms with Gasteiger partial charge < -0.3 is 4.74 Å². The normalized spacial score (nSPS) is 24.7. The lowest BCUT2D eigenvalue weighted by Crippen LogP contribution is -2.59. The monoisotopic (exact) mass is 260 g/mol. The average Bonchev–Trinajstić information content (AvgIpc) is 2.44. The molecule has 2 aliphatic rings. The Bertz CT molecular complexity index is 396. The van der Waals surface area contributed by atoms with Crippen molar-refractivity contribution in [1.29, 1.82) is 0 Å². The van der Waals surface area contributed by atoms with E-state index < -0.39 is 0 Å². The standard InChI is InChI=1S/C16H24N2O/c17-18-15(13-7-11-19-12-8-13)16(9-4-10-16)14-5-2-1-3-6-14/h1-3,5-6,13,15,18H,4,7-12,17H2. The first-order valence-electron chi connectivity index (χ1n) is 7.46. The van der Waals surface area contributed by atoms with Crippen LogP contribution in [0.3, 0.4) is 0 Å². The number of nitrogens with two attached hydrogens (primary N) is 1. The molecule has 1 aromatic carbocycles. The van der Waals surface area contributed by atoms with Gasteiger partial charge in [-0.15, -0.1) is 0 Å². The van der Waals surface area contributed by atoms with Crippen molar-refractivity contribution in [3.8, 4) is 0 Å². The summed E-state index contributed by atoms with van der Waals surface area (Å²) in [5.41, 5.74) is 4.86. The molecule has 1 aromatic rings. The van der Waals surface area contributed by atoms with E-state index in [0.29, 0.717) is 12.0 Å². The summed E-state index contributed by atoms with van der Waals surface area (Å²) in [5, 5.41) is 0. The molecule has 0 amide bonds. The minimum Gasteiger partial charge on any atom is -0.381 e. The molecule has 0 radical (unpaired) electrons. The molecule has 0 bridgehead atoms. The zero-order chi connectivity index (χ0) is 13.1. The molecular weight excluding hydrogens is 236 g/mol. The third-order valence-corrected chi connectivity index (χ3v) is 5.11. The molecule has 1 atom stereocenters. The largest absolute Gasteiger partial charge is 0.381 e. The summed E-state index contributed by atoms with van der Waals surface area (Å²) in [7, 11) is 0. The van der Waals surface area contributed by atoms with Crippen LogP contribution in [0.15, 0.2) is 30.3 Å². The van der Waals surface area contributed by atoms with E-state index >= 15 is 0 Å². The van der Waals surface area contributed by atoms with Gasteiger partial charge >= 0.3 is 0 Å². The van der Waals surface area contributed by atoms with E-state index in [4.69, 9.17) is 10.6 Å². The quantitative estimate of drug-likeness (QED) is 0.645. The van der Waals surface area contributed by atoms with E-state index in [2.05, 4.69) is 35.8 Å². The summed E-state index contributed by atoms with van der Waals surface area (Å²) in [5.74, 6) is 6.58. The van der Waals surface area contributed by atoms with Gasteiger partial charge in [0.15, 0.2) is 0 Å². The highest BCUT2D eigenvalue weighted by Crippen LogP contribution is 2.49. The third kappa shape index (κ3) is 2.31. The Kier molecular flexibility index (Phi) is 3.87. The summed E-state index contributed by atoms with van der Waals surface area (Å²) >= 11 is 0. The van der Waals surface area contributed by atoms with Crippen molar-refractivity contribution in [3.63, 3.8) is 0 Å². The fourth-order valence-electron chi connectivity index (χ4n) is 3.90. The van der Waals surface area contributed by atoms with Crippen molar-refractivity contribution in [2.24, 2.45) is 11.8 Å². The lowest BCUT2D eigenvalue weighted by molar-refractivity contribution is 0.0243. The average molecular weight is 260 g/mol. The highest BCUT2D eigenvalue weighted by atomic mass is 16.5. The number of nitrogens with one attached hydrogen (secondary N) is 1. The Morgan fingerprint density at radius 1 is 1.16 bits per heavy atom. The van der Waals surface area contributed by atoms with Gasteiger partial charge in [-0.25, -0.2) is 0 Å². The van der Waals surface area contributed by atoms with Crippen molar-refractivity contribution in [2.45, 2.75) is 43.6 Å². The van der Waals surface area contributed by atoms with Crippen molar-refractivity contribution < 1.29 is 4.74 Å². The van der Waals surface area contributed by atoms with Gasteiger partial charge in [-0.2, -0.15) is 0 Å². The molecule has 3 heteroatoms. The van der Waals surface area contributed by atoms with Gasteiger partial charge in [-0.1, -0.05) is 36.8 Å². The zero-order valence-corrected chi connectivity index (χ0v) is 11.5. The minimum atomic E-state index is 0.248. The Morgan fingerprint density at radius 3 is 2.37 bits per heavy atom. The Morgan fingerprint density at radius 2 is 1.84 bits per heavy atom. The van der Waals surface area contributed by atoms with Crippen LogP contribution in [0, 0.1) is 5.92 Å². The van der Waals surface area contributed by atoms with Crippen LogP contribution in [0.4, 0.5) is 0 Å². The first-order chi connectivity index (χ1) is 9.37. The predicted molar refractivity (Wildman–Crippen MR) is 76.6 cm³/mol. The van der Waals surface area contributed by atoms with Crippen LogP contribution >= 0.6 is 0 Å². The van der Waals surface area contributed by atoms with Gasteiger partial charge in [0.25, 0.3) is 0 Å². The molecule has 1 saturated heterocycles. The molecular formula is C16H24N2O. The number of hydrogen-bond donors (Lipinski definition) is 2. The molecule has 1 saturated carbocycles. The second-order valence-electron chi connectivity index (χ2n) is 5.97. The van der Waals surface area contributed by atoms with Crippen molar-refractivity contribution in [2.75, 3.05) is 13.2 Å². The van der Waals surface area contributed by atoms with Crippen LogP contribution < -0.4 is 11.3 Å². The van der Waals surface area contributed by atoms with Gasteiger partial charge in [-0.05, 0) is 37.2 Å². The first kappa shape index (κ1) is 13.1.